The highest BCUT2D eigenvalue weighted by atomic mass is 15.0. The van der Waals surface area contributed by atoms with Crippen LogP contribution >= 0.6 is 0 Å². The van der Waals surface area contributed by atoms with Crippen LogP contribution in [0.1, 0.15) is 37.6 Å². The van der Waals surface area contributed by atoms with Gasteiger partial charge in [-0.05, 0) is 29.7 Å². The molecular weight excluding hydrogens is 278 g/mol. The molecule has 0 amide bonds. The van der Waals surface area contributed by atoms with Gasteiger partial charge in [-0.25, -0.2) is 0 Å². The molecule has 23 heavy (non-hydrogen) atoms. The monoisotopic (exact) mass is 303 g/mol. The zero-order chi connectivity index (χ0) is 16.4. The predicted molar refractivity (Wildman–Crippen MR) is 98.8 cm³/mol. The first kappa shape index (κ1) is 15.6. The topological polar surface area (TPSA) is 4.93 Å². The van der Waals surface area contributed by atoms with E-state index < -0.39 is 0 Å². The van der Waals surface area contributed by atoms with Crippen molar-refractivity contribution in [3.8, 4) is 11.3 Å². The molecule has 0 N–H and O–H groups in total. The molecule has 1 nitrogen and oxygen atoms in total. The Kier molecular flexibility index (Phi) is 4.12. The lowest BCUT2D eigenvalue weighted by molar-refractivity contribution is 0.533. The molecule has 1 heteroatoms. The third-order valence-electron chi connectivity index (χ3n) is 4.29. The summed E-state index contributed by atoms with van der Waals surface area (Å²) in [6.07, 6.45) is 0. The quantitative estimate of drug-likeness (QED) is 0.575. The largest absolute Gasteiger partial charge is 0.339 e. The second-order valence-electron chi connectivity index (χ2n) is 7.25. The van der Waals surface area contributed by atoms with Crippen LogP contribution in [-0.4, -0.2) is 4.57 Å². The Balaban J connectivity index is 2.17. The van der Waals surface area contributed by atoms with E-state index in [1.807, 2.05) is 0 Å². The maximum absolute atomic E-state index is 2.49. The summed E-state index contributed by atoms with van der Waals surface area (Å²) in [5.74, 6) is 0. The summed E-state index contributed by atoms with van der Waals surface area (Å²) in [6, 6.07) is 23.8. The molecule has 2 aromatic carbocycles. The molecule has 0 radical (unpaired) electrons. The van der Waals surface area contributed by atoms with Gasteiger partial charge in [-0.1, -0.05) is 81.4 Å². The van der Waals surface area contributed by atoms with Crippen LogP contribution in [-0.2, 0) is 12.0 Å². The van der Waals surface area contributed by atoms with E-state index in [1.165, 1.54) is 28.1 Å². The first-order valence-corrected chi connectivity index (χ1v) is 8.27. The van der Waals surface area contributed by atoms with Crippen LogP contribution in [0.2, 0.25) is 0 Å². The summed E-state index contributed by atoms with van der Waals surface area (Å²) in [7, 11) is 0. The van der Waals surface area contributed by atoms with E-state index in [1.54, 1.807) is 0 Å². The lowest BCUT2D eigenvalue weighted by atomic mass is 9.92. The van der Waals surface area contributed by atoms with Crippen molar-refractivity contribution in [2.75, 3.05) is 0 Å². The van der Waals surface area contributed by atoms with Gasteiger partial charge < -0.3 is 4.57 Å². The average Bonchev–Trinajstić information content (AvgIpc) is 2.86. The highest BCUT2D eigenvalue weighted by molar-refractivity contribution is 5.65. The smallest absolute Gasteiger partial charge is 0.0515 e. The number of aryl methyl sites for hydroxylation is 1. The molecule has 3 rings (SSSR count). The molecule has 1 heterocycles. The Morgan fingerprint density at radius 3 is 1.96 bits per heavy atom. The first-order valence-electron chi connectivity index (χ1n) is 8.27. The fraction of sp³-hybridized carbons (Fsp3) is 0.273. The van der Waals surface area contributed by atoms with Crippen LogP contribution in [0.15, 0.2) is 66.7 Å². The first-order chi connectivity index (χ1) is 11.0. The van der Waals surface area contributed by atoms with Crippen molar-refractivity contribution in [1.29, 1.82) is 0 Å². The van der Waals surface area contributed by atoms with Crippen molar-refractivity contribution in [3.63, 3.8) is 0 Å². The van der Waals surface area contributed by atoms with Crippen LogP contribution in [0.4, 0.5) is 0 Å². The minimum absolute atomic E-state index is 0.118. The normalized spacial score (nSPS) is 11.7. The minimum Gasteiger partial charge on any atom is -0.339 e. The molecule has 0 bridgehead atoms. The van der Waals surface area contributed by atoms with Crippen LogP contribution in [0.5, 0.6) is 0 Å². The van der Waals surface area contributed by atoms with E-state index in [2.05, 4.69) is 99.0 Å². The molecule has 0 saturated heterocycles. The average molecular weight is 303 g/mol. The van der Waals surface area contributed by atoms with E-state index in [4.69, 9.17) is 0 Å². The van der Waals surface area contributed by atoms with Gasteiger partial charge >= 0.3 is 0 Å². The molecule has 0 aliphatic heterocycles. The Hall–Kier alpha value is -2.28. The molecule has 0 spiro atoms. The molecule has 0 aliphatic carbocycles. The molecule has 3 aromatic rings. The van der Waals surface area contributed by atoms with Gasteiger partial charge in [0.2, 0.25) is 0 Å². The zero-order valence-electron chi connectivity index (χ0n) is 14.5. The Morgan fingerprint density at radius 2 is 1.39 bits per heavy atom. The maximum Gasteiger partial charge on any atom is 0.0515 e. The summed E-state index contributed by atoms with van der Waals surface area (Å²) in [5, 5.41) is 0. The van der Waals surface area contributed by atoms with Crippen molar-refractivity contribution >= 4 is 0 Å². The Morgan fingerprint density at radius 1 is 0.826 bits per heavy atom. The molecule has 0 unspecified atom stereocenters. The van der Waals surface area contributed by atoms with E-state index >= 15 is 0 Å². The van der Waals surface area contributed by atoms with Gasteiger partial charge in [0.1, 0.15) is 0 Å². The van der Waals surface area contributed by atoms with Gasteiger partial charge in [-0.2, -0.15) is 0 Å². The number of hydrogen-bond donors (Lipinski definition) is 0. The second-order valence-corrected chi connectivity index (χ2v) is 7.25. The van der Waals surface area contributed by atoms with E-state index in [9.17, 15) is 0 Å². The zero-order valence-corrected chi connectivity index (χ0v) is 14.5. The SMILES string of the molecule is Cc1cc(C(C)(C)C)n(Cc2ccccc2)c1-c1ccccc1. The summed E-state index contributed by atoms with van der Waals surface area (Å²) in [5.41, 5.74) is 6.81. The molecule has 0 aliphatic rings. The van der Waals surface area contributed by atoms with E-state index in [-0.39, 0.29) is 5.41 Å². The van der Waals surface area contributed by atoms with Crippen LogP contribution in [0.25, 0.3) is 11.3 Å². The minimum atomic E-state index is 0.118. The van der Waals surface area contributed by atoms with Crippen molar-refractivity contribution in [1.82, 2.24) is 4.57 Å². The van der Waals surface area contributed by atoms with Crippen LogP contribution in [0.3, 0.4) is 0 Å². The molecule has 0 fully saturated rings. The third kappa shape index (κ3) is 3.24. The highest BCUT2D eigenvalue weighted by Gasteiger charge is 2.23. The van der Waals surface area contributed by atoms with Gasteiger partial charge in [0.25, 0.3) is 0 Å². The Labute approximate surface area is 139 Å². The van der Waals surface area contributed by atoms with E-state index in [0.29, 0.717) is 0 Å². The summed E-state index contributed by atoms with van der Waals surface area (Å²) >= 11 is 0. The van der Waals surface area contributed by atoms with Gasteiger partial charge in [0.15, 0.2) is 0 Å². The van der Waals surface area contributed by atoms with Crippen molar-refractivity contribution in [2.45, 2.75) is 39.7 Å². The number of rotatable bonds is 3. The highest BCUT2D eigenvalue weighted by Crippen LogP contribution is 2.33. The number of nitrogens with zero attached hydrogens (tertiary/aromatic N) is 1. The summed E-state index contributed by atoms with van der Waals surface area (Å²) in [6.45, 7) is 10.00. The lowest BCUT2D eigenvalue weighted by Gasteiger charge is -2.23. The molecule has 1 aromatic heterocycles. The fourth-order valence-corrected chi connectivity index (χ4v) is 3.22. The van der Waals surface area contributed by atoms with Gasteiger partial charge in [-0.15, -0.1) is 0 Å². The molecule has 118 valence electrons. The molecule has 0 saturated carbocycles. The number of hydrogen-bond acceptors (Lipinski definition) is 0. The lowest BCUT2D eigenvalue weighted by Crippen LogP contribution is -2.18. The van der Waals surface area contributed by atoms with E-state index in [0.717, 1.165) is 6.54 Å². The summed E-state index contributed by atoms with van der Waals surface area (Å²) < 4.78 is 2.49. The van der Waals surface area contributed by atoms with Crippen molar-refractivity contribution < 1.29 is 0 Å². The third-order valence-corrected chi connectivity index (χ3v) is 4.29. The predicted octanol–water partition coefficient (Wildman–Crippen LogP) is 5.81. The Bertz CT molecular complexity index is 774. The summed E-state index contributed by atoms with van der Waals surface area (Å²) in [4.78, 5) is 0. The van der Waals surface area contributed by atoms with Crippen LogP contribution < -0.4 is 0 Å². The molecular formula is C22H25N. The fourth-order valence-electron chi connectivity index (χ4n) is 3.22. The van der Waals surface area contributed by atoms with Crippen molar-refractivity contribution in [3.05, 3.63) is 83.6 Å². The second kappa shape index (κ2) is 6.08. The number of benzene rings is 2. The molecule has 0 atom stereocenters. The van der Waals surface area contributed by atoms with Gasteiger partial charge in [-0.3, -0.25) is 0 Å². The number of aromatic nitrogens is 1. The standard InChI is InChI=1S/C22H25N/c1-17-15-20(22(2,3)4)23(16-18-11-7-5-8-12-18)21(17)19-13-9-6-10-14-19/h5-15H,16H2,1-4H3. The van der Waals surface area contributed by atoms with Crippen LogP contribution in [0, 0.1) is 6.92 Å². The van der Waals surface area contributed by atoms with Gasteiger partial charge in [0.05, 0.1) is 5.69 Å². The van der Waals surface area contributed by atoms with Crippen molar-refractivity contribution in [2.24, 2.45) is 0 Å². The van der Waals surface area contributed by atoms with Gasteiger partial charge in [0, 0.05) is 17.7 Å². The maximum atomic E-state index is 2.49.